The molecule has 1 aromatic rings. The third kappa shape index (κ3) is 4.07. The van der Waals surface area contributed by atoms with E-state index in [1.807, 2.05) is 25.3 Å². The molecule has 0 saturated carbocycles. The molecule has 1 aromatic carbocycles. The molecule has 5 heteroatoms. The van der Waals surface area contributed by atoms with Gasteiger partial charge in [0.05, 0.1) is 5.25 Å². The predicted octanol–water partition coefficient (Wildman–Crippen LogP) is 1.41. The van der Waals surface area contributed by atoms with E-state index in [0.717, 1.165) is 5.56 Å². The second kappa shape index (κ2) is 7.06. The van der Waals surface area contributed by atoms with Crippen molar-refractivity contribution in [3.63, 3.8) is 0 Å². The van der Waals surface area contributed by atoms with E-state index in [1.54, 1.807) is 19.2 Å². The number of thioether (sulfide) groups is 1. The van der Waals surface area contributed by atoms with E-state index in [0.29, 0.717) is 12.1 Å². The van der Waals surface area contributed by atoms with Crippen LogP contribution in [0.2, 0.25) is 0 Å². The minimum Gasteiger partial charge on any atom is -0.355 e. The molecule has 0 saturated heterocycles. The van der Waals surface area contributed by atoms with Crippen molar-refractivity contribution in [3.05, 3.63) is 35.4 Å². The van der Waals surface area contributed by atoms with Gasteiger partial charge in [0.2, 0.25) is 5.91 Å². The molecule has 0 bridgehead atoms. The molecule has 0 spiro atoms. The number of nitrogens with one attached hydrogen (secondary N) is 2. The Morgan fingerprint density at radius 1 is 1.39 bits per heavy atom. The quantitative estimate of drug-likeness (QED) is 0.847. The predicted molar refractivity (Wildman–Crippen MR) is 74.7 cm³/mol. The maximum Gasteiger partial charge on any atom is 0.251 e. The van der Waals surface area contributed by atoms with Gasteiger partial charge in [-0.3, -0.25) is 9.59 Å². The number of benzene rings is 1. The third-order valence-electron chi connectivity index (χ3n) is 2.61. The number of rotatable bonds is 5. The van der Waals surface area contributed by atoms with Crippen LogP contribution in [0.25, 0.3) is 0 Å². The normalized spacial score (nSPS) is 11.7. The molecule has 18 heavy (non-hydrogen) atoms. The van der Waals surface area contributed by atoms with E-state index in [-0.39, 0.29) is 17.1 Å². The highest BCUT2D eigenvalue weighted by Crippen LogP contribution is 2.07. The van der Waals surface area contributed by atoms with Gasteiger partial charge in [-0.1, -0.05) is 12.1 Å². The Morgan fingerprint density at radius 3 is 2.72 bits per heavy atom. The van der Waals surface area contributed by atoms with Crippen LogP contribution in [-0.4, -0.2) is 30.4 Å². The summed E-state index contributed by atoms with van der Waals surface area (Å²) in [5, 5.41) is 5.35. The lowest BCUT2D eigenvalue weighted by molar-refractivity contribution is -0.120. The number of hydrogen-bond donors (Lipinski definition) is 2. The summed E-state index contributed by atoms with van der Waals surface area (Å²) in [6, 6.07) is 7.22. The summed E-state index contributed by atoms with van der Waals surface area (Å²) < 4.78 is 0. The van der Waals surface area contributed by atoms with E-state index in [2.05, 4.69) is 10.6 Å². The molecular formula is C13H18N2O2S. The minimum atomic E-state index is -0.124. The molecule has 0 aliphatic rings. The highest BCUT2D eigenvalue weighted by atomic mass is 32.2. The fourth-order valence-electron chi connectivity index (χ4n) is 1.41. The van der Waals surface area contributed by atoms with Crippen LogP contribution in [0, 0.1) is 0 Å². The lowest BCUT2D eigenvalue weighted by Crippen LogP contribution is -2.30. The Bertz CT molecular complexity index is 435. The zero-order valence-corrected chi connectivity index (χ0v) is 11.6. The molecule has 1 atom stereocenters. The van der Waals surface area contributed by atoms with E-state index in [1.165, 1.54) is 11.8 Å². The molecule has 2 amide bonds. The van der Waals surface area contributed by atoms with Gasteiger partial charge in [-0.05, 0) is 30.9 Å². The summed E-state index contributed by atoms with van der Waals surface area (Å²) in [6.45, 7) is 2.30. The van der Waals surface area contributed by atoms with Gasteiger partial charge in [-0.2, -0.15) is 11.8 Å². The fourth-order valence-corrected chi connectivity index (χ4v) is 1.70. The summed E-state index contributed by atoms with van der Waals surface area (Å²) in [6.07, 6.45) is 1.90. The lowest BCUT2D eigenvalue weighted by atomic mass is 10.1. The Morgan fingerprint density at radius 2 is 2.11 bits per heavy atom. The van der Waals surface area contributed by atoms with Crippen molar-refractivity contribution < 1.29 is 9.59 Å². The SMILES string of the molecule is CNC(=O)c1cccc(CNC(=O)[C@H](C)SC)c1. The first-order chi connectivity index (χ1) is 8.58. The monoisotopic (exact) mass is 266 g/mol. The van der Waals surface area contributed by atoms with Gasteiger partial charge in [0.25, 0.3) is 5.91 Å². The van der Waals surface area contributed by atoms with E-state index < -0.39 is 0 Å². The zero-order chi connectivity index (χ0) is 13.5. The van der Waals surface area contributed by atoms with Crippen molar-refractivity contribution in [1.29, 1.82) is 0 Å². The third-order valence-corrected chi connectivity index (χ3v) is 3.53. The highest BCUT2D eigenvalue weighted by molar-refractivity contribution is 7.99. The average Bonchev–Trinajstić information content (AvgIpc) is 2.43. The highest BCUT2D eigenvalue weighted by Gasteiger charge is 2.10. The van der Waals surface area contributed by atoms with Crippen molar-refractivity contribution in [2.75, 3.05) is 13.3 Å². The maximum absolute atomic E-state index is 11.6. The summed E-state index contributed by atoms with van der Waals surface area (Å²) in [5.41, 5.74) is 1.51. The molecule has 4 nitrogen and oxygen atoms in total. The number of amides is 2. The lowest BCUT2D eigenvalue weighted by Gasteiger charge is -2.10. The van der Waals surface area contributed by atoms with E-state index in [9.17, 15) is 9.59 Å². The molecule has 1 rings (SSSR count). The molecule has 0 heterocycles. The Kier molecular flexibility index (Phi) is 5.71. The fraction of sp³-hybridized carbons (Fsp3) is 0.385. The molecule has 0 fully saturated rings. The van der Waals surface area contributed by atoms with Crippen LogP contribution in [-0.2, 0) is 11.3 Å². The van der Waals surface area contributed by atoms with Gasteiger partial charge in [0.1, 0.15) is 0 Å². The largest absolute Gasteiger partial charge is 0.355 e. The molecule has 0 radical (unpaired) electrons. The molecule has 98 valence electrons. The number of hydrogen-bond acceptors (Lipinski definition) is 3. The van der Waals surface area contributed by atoms with Gasteiger partial charge in [0.15, 0.2) is 0 Å². The molecule has 0 aliphatic carbocycles. The van der Waals surface area contributed by atoms with Crippen molar-refractivity contribution >= 4 is 23.6 Å². The van der Waals surface area contributed by atoms with Crippen molar-refractivity contribution in [3.8, 4) is 0 Å². The van der Waals surface area contributed by atoms with E-state index >= 15 is 0 Å². The number of carbonyl (C=O) groups is 2. The van der Waals surface area contributed by atoms with E-state index in [4.69, 9.17) is 0 Å². The summed E-state index contributed by atoms with van der Waals surface area (Å²) >= 11 is 1.50. The number of carbonyl (C=O) groups excluding carboxylic acids is 2. The first kappa shape index (κ1) is 14.6. The van der Waals surface area contributed by atoms with Crippen LogP contribution in [0.3, 0.4) is 0 Å². The van der Waals surface area contributed by atoms with Crippen molar-refractivity contribution in [2.24, 2.45) is 0 Å². The second-order valence-electron chi connectivity index (χ2n) is 3.88. The van der Waals surface area contributed by atoms with Gasteiger partial charge < -0.3 is 10.6 Å². The molecule has 0 aromatic heterocycles. The van der Waals surface area contributed by atoms with Crippen LogP contribution in [0.15, 0.2) is 24.3 Å². The smallest absolute Gasteiger partial charge is 0.251 e. The first-order valence-corrected chi connectivity index (χ1v) is 6.98. The van der Waals surface area contributed by atoms with Crippen LogP contribution in [0.5, 0.6) is 0 Å². The first-order valence-electron chi connectivity index (χ1n) is 5.70. The van der Waals surface area contributed by atoms with Crippen LogP contribution in [0.4, 0.5) is 0 Å². The van der Waals surface area contributed by atoms with Gasteiger partial charge in [0, 0.05) is 19.2 Å². The van der Waals surface area contributed by atoms with Crippen LogP contribution < -0.4 is 10.6 Å². The molecule has 2 N–H and O–H groups in total. The maximum atomic E-state index is 11.6. The Hall–Kier alpha value is -1.49. The summed E-state index contributed by atoms with van der Waals surface area (Å²) in [7, 11) is 1.59. The van der Waals surface area contributed by atoms with Crippen LogP contribution in [0.1, 0.15) is 22.8 Å². The molecular weight excluding hydrogens is 248 g/mol. The average molecular weight is 266 g/mol. The Labute approximate surface area is 112 Å². The van der Waals surface area contributed by atoms with Crippen molar-refractivity contribution in [2.45, 2.75) is 18.7 Å². The molecule has 0 unspecified atom stereocenters. The zero-order valence-electron chi connectivity index (χ0n) is 10.8. The summed E-state index contributed by atoms with van der Waals surface area (Å²) in [4.78, 5) is 23.1. The Balaban J connectivity index is 2.63. The van der Waals surface area contributed by atoms with Gasteiger partial charge in [-0.15, -0.1) is 0 Å². The van der Waals surface area contributed by atoms with Gasteiger partial charge >= 0.3 is 0 Å². The minimum absolute atomic E-state index is 0.00726. The second-order valence-corrected chi connectivity index (χ2v) is 5.05. The molecule has 0 aliphatic heterocycles. The standard InChI is InChI=1S/C13H18N2O2S/c1-9(18-3)12(16)15-8-10-5-4-6-11(7-10)13(17)14-2/h4-7,9H,8H2,1-3H3,(H,14,17)(H,15,16)/t9-/m0/s1. The topological polar surface area (TPSA) is 58.2 Å². The van der Waals surface area contributed by atoms with Crippen molar-refractivity contribution in [1.82, 2.24) is 10.6 Å². The van der Waals surface area contributed by atoms with Gasteiger partial charge in [-0.25, -0.2) is 0 Å². The van der Waals surface area contributed by atoms with Crippen LogP contribution >= 0.6 is 11.8 Å². The summed E-state index contributed by atoms with van der Waals surface area (Å²) in [5.74, 6) is -0.117.